The van der Waals surface area contributed by atoms with Crippen LogP contribution in [0.5, 0.6) is 11.5 Å². The van der Waals surface area contributed by atoms with E-state index in [0.29, 0.717) is 47.2 Å². The Hall–Kier alpha value is -2.39. The number of carbonyl (C=O) groups is 1. The van der Waals surface area contributed by atoms with E-state index in [-0.39, 0.29) is 17.4 Å². The monoisotopic (exact) mass is 507 g/mol. The summed E-state index contributed by atoms with van der Waals surface area (Å²) in [7, 11) is 1.75. The van der Waals surface area contributed by atoms with Crippen molar-refractivity contribution in [2.45, 2.75) is 46.8 Å². The van der Waals surface area contributed by atoms with Crippen LogP contribution in [0.2, 0.25) is 0 Å². The molecular formula is C26H41N3O5S. The van der Waals surface area contributed by atoms with E-state index in [2.05, 4.69) is 42.9 Å². The van der Waals surface area contributed by atoms with Gasteiger partial charge in [0, 0.05) is 36.0 Å². The molecule has 0 saturated carbocycles. The van der Waals surface area contributed by atoms with Gasteiger partial charge in [0.15, 0.2) is 11.5 Å². The molecule has 1 aromatic carbocycles. The molecule has 1 amide bonds. The minimum atomic E-state index is -1.38. The summed E-state index contributed by atoms with van der Waals surface area (Å²) in [6, 6.07) is 5.38. The molecule has 0 fully saturated rings. The summed E-state index contributed by atoms with van der Waals surface area (Å²) in [6.45, 7) is 14.3. The van der Waals surface area contributed by atoms with E-state index in [1.807, 2.05) is 6.07 Å². The van der Waals surface area contributed by atoms with E-state index in [9.17, 15) is 9.00 Å². The number of hydrogen-bond donors (Lipinski definition) is 1. The number of aryl methyl sites for hydroxylation is 1. The molecule has 0 aliphatic rings. The summed E-state index contributed by atoms with van der Waals surface area (Å²) in [4.78, 5) is 19.3. The van der Waals surface area contributed by atoms with Crippen LogP contribution in [0.3, 0.4) is 0 Å². The Balaban J connectivity index is 1.85. The lowest BCUT2D eigenvalue weighted by atomic mass is 10.1. The van der Waals surface area contributed by atoms with E-state index < -0.39 is 10.8 Å². The minimum Gasteiger partial charge on any atom is -0.493 e. The predicted octanol–water partition coefficient (Wildman–Crippen LogP) is 4.04. The first-order valence-electron chi connectivity index (χ1n) is 12.2. The van der Waals surface area contributed by atoms with Crippen LogP contribution in [0, 0.1) is 18.8 Å². The van der Waals surface area contributed by atoms with Crippen LogP contribution >= 0.6 is 0 Å². The van der Waals surface area contributed by atoms with Gasteiger partial charge >= 0.3 is 0 Å². The number of nitrogens with zero attached hydrogens (tertiary/aromatic N) is 2. The third-order valence-electron chi connectivity index (χ3n) is 5.33. The molecule has 35 heavy (non-hydrogen) atoms. The smallest absolute Gasteiger partial charge is 0.232 e. The van der Waals surface area contributed by atoms with Crippen LogP contribution in [-0.4, -0.2) is 66.2 Å². The van der Waals surface area contributed by atoms with Crippen molar-refractivity contribution in [2.24, 2.45) is 11.8 Å². The lowest BCUT2D eigenvalue weighted by Crippen LogP contribution is -2.35. The van der Waals surface area contributed by atoms with Gasteiger partial charge in [-0.1, -0.05) is 27.7 Å². The van der Waals surface area contributed by atoms with Crippen LogP contribution < -0.4 is 14.8 Å². The quantitative estimate of drug-likeness (QED) is 0.364. The number of oxazole rings is 1. The van der Waals surface area contributed by atoms with E-state index >= 15 is 0 Å². The molecule has 0 unspecified atom stereocenters. The van der Waals surface area contributed by atoms with Gasteiger partial charge in [-0.25, -0.2) is 4.98 Å². The van der Waals surface area contributed by atoms with Crippen molar-refractivity contribution in [3.63, 3.8) is 0 Å². The Kier molecular flexibility index (Phi) is 11.7. The van der Waals surface area contributed by atoms with E-state index in [1.165, 1.54) is 0 Å². The maximum atomic E-state index is 12.6. The number of benzene rings is 1. The lowest BCUT2D eigenvalue weighted by Gasteiger charge is -2.26. The van der Waals surface area contributed by atoms with Gasteiger partial charge in [0.1, 0.15) is 11.5 Å². The standard InChI is InChI=1S/C26H41N3O5S/c1-18(2)14-29(15-19(3)4)12-8-11-27-25(30)17-35(31)16-22-20(5)34-26(28-22)21-9-10-23(32-6)24(13-21)33-7/h9-10,13,18-19H,8,11-12,14-17H2,1-7H3,(H,27,30)/t35-/m1/s1. The van der Waals surface area contributed by atoms with Crippen LogP contribution in [0.15, 0.2) is 22.6 Å². The van der Waals surface area contributed by atoms with Crippen LogP contribution in [0.25, 0.3) is 11.5 Å². The van der Waals surface area contributed by atoms with Gasteiger partial charge in [-0.15, -0.1) is 0 Å². The fourth-order valence-electron chi connectivity index (χ4n) is 3.88. The zero-order chi connectivity index (χ0) is 26.0. The Morgan fingerprint density at radius 1 is 1.11 bits per heavy atom. The van der Waals surface area contributed by atoms with Crippen molar-refractivity contribution in [3.8, 4) is 23.0 Å². The van der Waals surface area contributed by atoms with Gasteiger partial charge in [-0.3, -0.25) is 9.00 Å². The topological polar surface area (TPSA) is 93.9 Å². The number of amides is 1. The summed E-state index contributed by atoms with van der Waals surface area (Å²) in [5.74, 6) is 3.29. The average Bonchev–Trinajstić information content (AvgIpc) is 3.15. The number of carbonyl (C=O) groups excluding carboxylic acids is 1. The number of rotatable bonds is 15. The second-order valence-electron chi connectivity index (χ2n) is 9.57. The van der Waals surface area contributed by atoms with Gasteiger partial charge in [-0.2, -0.15) is 0 Å². The van der Waals surface area contributed by atoms with Crippen LogP contribution in [-0.2, 0) is 21.3 Å². The zero-order valence-electron chi connectivity index (χ0n) is 22.2. The number of methoxy groups -OCH3 is 2. The zero-order valence-corrected chi connectivity index (χ0v) is 23.0. The van der Waals surface area contributed by atoms with Gasteiger partial charge < -0.3 is 24.1 Å². The SMILES string of the molecule is COc1ccc(-c2nc(C[S@@](=O)CC(=O)NCCCN(CC(C)C)CC(C)C)c(C)o2)cc1OC. The van der Waals surface area contributed by atoms with Gasteiger partial charge in [-0.05, 0) is 49.9 Å². The van der Waals surface area contributed by atoms with Gasteiger partial charge in [0.2, 0.25) is 11.8 Å². The van der Waals surface area contributed by atoms with Crippen LogP contribution in [0.1, 0.15) is 45.6 Å². The Morgan fingerprint density at radius 3 is 2.37 bits per heavy atom. The van der Waals surface area contributed by atoms with Crippen molar-refractivity contribution in [1.29, 1.82) is 0 Å². The molecule has 2 rings (SSSR count). The molecule has 9 heteroatoms. The first-order valence-corrected chi connectivity index (χ1v) is 13.6. The molecule has 0 radical (unpaired) electrons. The summed E-state index contributed by atoms with van der Waals surface area (Å²) in [5.41, 5.74) is 1.31. The van der Waals surface area contributed by atoms with Crippen molar-refractivity contribution in [3.05, 3.63) is 29.7 Å². The Morgan fingerprint density at radius 2 is 1.77 bits per heavy atom. The number of aromatic nitrogens is 1. The third kappa shape index (κ3) is 9.64. The minimum absolute atomic E-state index is 0.0559. The first-order chi connectivity index (χ1) is 16.6. The van der Waals surface area contributed by atoms with Crippen molar-refractivity contribution < 1.29 is 22.9 Å². The number of nitrogens with one attached hydrogen (secondary N) is 1. The summed E-state index contributed by atoms with van der Waals surface area (Å²) in [5, 5.41) is 2.90. The van der Waals surface area contributed by atoms with Crippen molar-refractivity contribution in [2.75, 3.05) is 46.2 Å². The second-order valence-corrected chi connectivity index (χ2v) is 11.0. The molecular weight excluding hydrogens is 466 g/mol. The maximum Gasteiger partial charge on any atom is 0.232 e. The van der Waals surface area contributed by atoms with E-state index in [4.69, 9.17) is 13.9 Å². The maximum absolute atomic E-state index is 12.6. The molecule has 0 bridgehead atoms. The highest BCUT2D eigenvalue weighted by molar-refractivity contribution is 7.84. The fourth-order valence-corrected chi connectivity index (χ4v) is 4.95. The van der Waals surface area contributed by atoms with Crippen LogP contribution in [0.4, 0.5) is 0 Å². The molecule has 0 aliphatic carbocycles. The summed E-state index contributed by atoms with van der Waals surface area (Å²) < 4.78 is 29.0. The van der Waals surface area contributed by atoms with Crippen molar-refractivity contribution in [1.82, 2.24) is 15.2 Å². The third-order valence-corrected chi connectivity index (χ3v) is 6.51. The van der Waals surface area contributed by atoms with E-state index in [0.717, 1.165) is 31.6 Å². The largest absolute Gasteiger partial charge is 0.493 e. The summed E-state index contributed by atoms with van der Waals surface area (Å²) in [6.07, 6.45) is 0.870. The normalized spacial score (nSPS) is 12.4. The average molecular weight is 508 g/mol. The lowest BCUT2D eigenvalue weighted by molar-refractivity contribution is -0.118. The molecule has 0 saturated heterocycles. The highest BCUT2D eigenvalue weighted by Crippen LogP contribution is 2.32. The molecule has 1 N–H and O–H groups in total. The number of ether oxygens (including phenoxy) is 2. The first kappa shape index (κ1) is 28.8. The molecule has 1 atom stereocenters. The van der Waals surface area contributed by atoms with Crippen molar-refractivity contribution >= 4 is 16.7 Å². The second kappa shape index (κ2) is 14.2. The molecule has 1 aromatic heterocycles. The highest BCUT2D eigenvalue weighted by Gasteiger charge is 2.17. The van der Waals surface area contributed by atoms with Gasteiger partial charge in [0.25, 0.3) is 0 Å². The summed E-state index contributed by atoms with van der Waals surface area (Å²) >= 11 is 0. The fraction of sp³-hybridized carbons (Fsp3) is 0.615. The highest BCUT2D eigenvalue weighted by atomic mass is 32.2. The predicted molar refractivity (Wildman–Crippen MR) is 140 cm³/mol. The number of hydrogen-bond acceptors (Lipinski definition) is 7. The molecule has 8 nitrogen and oxygen atoms in total. The molecule has 1 heterocycles. The van der Waals surface area contributed by atoms with Gasteiger partial charge in [0.05, 0.1) is 25.7 Å². The molecule has 0 aliphatic heterocycles. The van der Waals surface area contributed by atoms with E-state index in [1.54, 1.807) is 33.3 Å². The Labute approximate surface area is 212 Å². The molecule has 0 spiro atoms. The Bertz CT molecular complexity index is 964. The molecule has 2 aromatic rings. The molecule has 196 valence electrons.